The Morgan fingerprint density at radius 3 is 3.00 bits per heavy atom. The average Bonchev–Trinajstić information content (AvgIpc) is 2.14. The van der Waals surface area contributed by atoms with Crippen LogP contribution in [0.3, 0.4) is 0 Å². The topological polar surface area (TPSA) is 12.4 Å². The molecule has 0 radical (unpaired) electrons. The molecule has 0 N–H and O–H groups in total. The summed E-state index contributed by atoms with van der Waals surface area (Å²) in [6.45, 7) is 3.20. The number of hydrogen-bond acceptors (Lipinski definition) is 2. The summed E-state index contributed by atoms with van der Waals surface area (Å²) in [5.74, 6) is 1.21. The SMILES string of the molecule is CCC1=NCCS1. The molecule has 2 heteroatoms. The monoisotopic (exact) mass is 115 g/mol. The highest BCUT2D eigenvalue weighted by atomic mass is 32.2. The van der Waals surface area contributed by atoms with E-state index in [0.717, 1.165) is 13.0 Å². The van der Waals surface area contributed by atoms with Gasteiger partial charge in [0.05, 0.1) is 5.04 Å². The normalized spacial score (nSPS) is 19.9. The second kappa shape index (κ2) is 2.36. The highest BCUT2D eigenvalue weighted by Crippen LogP contribution is 2.12. The summed E-state index contributed by atoms with van der Waals surface area (Å²) >= 11 is 1.89. The lowest BCUT2D eigenvalue weighted by Gasteiger charge is -1.85. The van der Waals surface area contributed by atoms with E-state index in [4.69, 9.17) is 0 Å². The fourth-order valence-corrected chi connectivity index (χ4v) is 1.40. The molecule has 0 spiro atoms. The van der Waals surface area contributed by atoms with Crippen molar-refractivity contribution in [1.29, 1.82) is 0 Å². The van der Waals surface area contributed by atoms with E-state index < -0.39 is 0 Å². The Morgan fingerprint density at radius 1 is 1.86 bits per heavy atom. The Morgan fingerprint density at radius 2 is 2.71 bits per heavy atom. The Kier molecular flexibility index (Phi) is 1.74. The highest BCUT2D eigenvalue weighted by molar-refractivity contribution is 8.14. The van der Waals surface area contributed by atoms with Crippen LogP contribution in [0.4, 0.5) is 0 Å². The molecule has 0 aliphatic carbocycles. The van der Waals surface area contributed by atoms with Crippen molar-refractivity contribution in [2.75, 3.05) is 12.3 Å². The molecule has 1 aliphatic heterocycles. The largest absolute Gasteiger partial charge is 0.282 e. The molecule has 0 atom stereocenters. The molecule has 0 aromatic rings. The molecule has 0 saturated carbocycles. The molecule has 1 heterocycles. The van der Waals surface area contributed by atoms with Gasteiger partial charge < -0.3 is 0 Å². The van der Waals surface area contributed by atoms with Gasteiger partial charge in [-0.05, 0) is 6.42 Å². The van der Waals surface area contributed by atoms with Crippen molar-refractivity contribution < 1.29 is 0 Å². The number of hydrogen-bond donors (Lipinski definition) is 0. The summed E-state index contributed by atoms with van der Waals surface area (Å²) in [5.41, 5.74) is 0. The molecule has 1 rings (SSSR count). The lowest BCUT2D eigenvalue weighted by Crippen LogP contribution is -1.79. The van der Waals surface area contributed by atoms with Crippen molar-refractivity contribution in [3.63, 3.8) is 0 Å². The van der Waals surface area contributed by atoms with Gasteiger partial charge in [0.2, 0.25) is 0 Å². The van der Waals surface area contributed by atoms with E-state index in [9.17, 15) is 0 Å². The van der Waals surface area contributed by atoms with Crippen LogP contribution in [0.1, 0.15) is 13.3 Å². The van der Waals surface area contributed by atoms with E-state index in [-0.39, 0.29) is 0 Å². The molecule has 0 bridgehead atoms. The van der Waals surface area contributed by atoms with E-state index in [0.29, 0.717) is 0 Å². The number of aliphatic imine (C=N–C) groups is 1. The van der Waals surface area contributed by atoms with Crippen molar-refractivity contribution in [1.82, 2.24) is 0 Å². The van der Waals surface area contributed by atoms with E-state index in [1.165, 1.54) is 10.8 Å². The molecular weight excluding hydrogens is 106 g/mol. The van der Waals surface area contributed by atoms with Gasteiger partial charge >= 0.3 is 0 Å². The van der Waals surface area contributed by atoms with Crippen molar-refractivity contribution in [3.8, 4) is 0 Å². The molecule has 0 unspecified atom stereocenters. The second-order valence-electron chi connectivity index (χ2n) is 1.48. The van der Waals surface area contributed by atoms with Gasteiger partial charge in [0, 0.05) is 12.3 Å². The molecule has 7 heavy (non-hydrogen) atoms. The minimum atomic E-state index is 1.05. The molecule has 40 valence electrons. The van der Waals surface area contributed by atoms with Crippen molar-refractivity contribution in [2.45, 2.75) is 13.3 Å². The third-order valence-electron chi connectivity index (χ3n) is 0.951. The maximum Gasteiger partial charge on any atom is 0.0674 e. The van der Waals surface area contributed by atoms with Crippen LogP contribution in [0, 0.1) is 0 Å². The summed E-state index contributed by atoms with van der Waals surface area (Å²) < 4.78 is 0. The summed E-state index contributed by atoms with van der Waals surface area (Å²) in [7, 11) is 0. The van der Waals surface area contributed by atoms with Gasteiger partial charge in [-0.1, -0.05) is 6.92 Å². The standard InChI is InChI=1S/C5H9NS/c1-2-5-6-3-4-7-5/h2-4H2,1H3. The Balaban J connectivity index is 2.36. The van der Waals surface area contributed by atoms with E-state index in [1.54, 1.807) is 0 Å². The molecule has 0 aromatic heterocycles. The van der Waals surface area contributed by atoms with Crippen molar-refractivity contribution in [2.24, 2.45) is 4.99 Å². The van der Waals surface area contributed by atoms with Gasteiger partial charge in [0.15, 0.2) is 0 Å². The van der Waals surface area contributed by atoms with Crippen LogP contribution >= 0.6 is 11.8 Å². The van der Waals surface area contributed by atoms with Crippen LogP contribution in [0.5, 0.6) is 0 Å². The third kappa shape index (κ3) is 1.20. The predicted octanol–water partition coefficient (Wildman–Crippen LogP) is 1.54. The van der Waals surface area contributed by atoms with Crippen molar-refractivity contribution >= 4 is 16.8 Å². The van der Waals surface area contributed by atoms with E-state index >= 15 is 0 Å². The Bertz CT molecular complexity index is 88.1. The molecule has 1 aliphatic rings. The van der Waals surface area contributed by atoms with Crippen LogP contribution in [-0.2, 0) is 0 Å². The minimum Gasteiger partial charge on any atom is -0.282 e. The zero-order chi connectivity index (χ0) is 5.11. The molecule has 0 saturated heterocycles. The number of thioether (sulfide) groups is 1. The van der Waals surface area contributed by atoms with Crippen LogP contribution in [-0.4, -0.2) is 17.3 Å². The zero-order valence-corrected chi connectivity index (χ0v) is 5.29. The minimum absolute atomic E-state index is 1.05. The summed E-state index contributed by atoms with van der Waals surface area (Å²) in [6, 6.07) is 0. The smallest absolute Gasteiger partial charge is 0.0674 e. The predicted molar refractivity (Wildman–Crippen MR) is 35.1 cm³/mol. The first kappa shape index (κ1) is 5.16. The van der Waals surface area contributed by atoms with Crippen LogP contribution in [0.15, 0.2) is 4.99 Å². The molecular formula is C5H9NS. The lowest BCUT2D eigenvalue weighted by atomic mass is 10.5. The fourth-order valence-electron chi connectivity index (χ4n) is 0.593. The Hall–Kier alpha value is 0.0200. The first-order valence-electron chi connectivity index (χ1n) is 2.59. The van der Waals surface area contributed by atoms with E-state index in [1.807, 2.05) is 11.8 Å². The van der Waals surface area contributed by atoms with Gasteiger partial charge in [-0.3, -0.25) is 4.99 Å². The van der Waals surface area contributed by atoms with Gasteiger partial charge in [0.25, 0.3) is 0 Å². The van der Waals surface area contributed by atoms with Crippen LogP contribution < -0.4 is 0 Å². The van der Waals surface area contributed by atoms with Crippen molar-refractivity contribution in [3.05, 3.63) is 0 Å². The zero-order valence-electron chi connectivity index (χ0n) is 4.48. The fraction of sp³-hybridized carbons (Fsp3) is 0.800. The first-order chi connectivity index (χ1) is 3.43. The maximum absolute atomic E-state index is 4.23. The number of nitrogens with zero attached hydrogens (tertiary/aromatic N) is 1. The van der Waals surface area contributed by atoms with Gasteiger partial charge in [-0.15, -0.1) is 11.8 Å². The van der Waals surface area contributed by atoms with Gasteiger partial charge in [-0.2, -0.15) is 0 Å². The van der Waals surface area contributed by atoms with Crippen LogP contribution in [0.25, 0.3) is 0 Å². The number of rotatable bonds is 1. The first-order valence-corrected chi connectivity index (χ1v) is 3.58. The molecule has 1 nitrogen and oxygen atoms in total. The third-order valence-corrected chi connectivity index (χ3v) is 2.09. The Labute approximate surface area is 48.2 Å². The van der Waals surface area contributed by atoms with E-state index in [2.05, 4.69) is 11.9 Å². The summed E-state index contributed by atoms with van der Waals surface area (Å²) in [5, 5.41) is 1.33. The quantitative estimate of drug-likeness (QED) is 0.505. The molecule has 0 amide bonds. The lowest BCUT2D eigenvalue weighted by molar-refractivity contribution is 1.15. The van der Waals surface area contributed by atoms with Crippen LogP contribution in [0.2, 0.25) is 0 Å². The molecule has 0 aromatic carbocycles. The second-order valence-corrected chi connectivity index (χ2v) is 2.65. The van der Waals surface area contributed by atoms with Gasteiger partial charge in [0.1, 0.15) is 0 Å². The summed E-state index contributed by atoms with van der Waals surface area (Å²) in [4.78, 5) is 4.23. The maximum atomic E-state index is 4.23. The highest BCUT2D eigenvalue weighted by Gasteiger charge is 2.01. The van der Waals surface area contributed by atoms with Gasteiger partial charge in [-0.25, -0.2) is 0 Å². The summed E-state index contributed by atoms with van der Waals surface area (Å²) in [6.07, 6.45) is 1.13. The molecule has 0 fully saturated rings. The average molecular weight is 115 g/mol.